The molecule has 0 bridgehead atoms. The van der Waals surface area contributed by atoms with Crippen LogP contribution in [-0.4, -0.2) is 53.2 Å². The summed E-state index contributed by atoms with van der Waals surface area (Å²) >= 11 is 0. The summed E-state index contributed by atoms with van der Waals surface area (Å²) in [6, 6.07) is 2.19. The van der Waals surface area contributed by atoms with Crippen molar-refractivity contribution < 1.29 is 9.53 Å². The molecule has 1 fully saturated rings. The molecule has 0 aromatic carbocycles. The van der Waals surface area contributed by atoms with E-state index in [0.29, 0.717) is 5.92 Å². The first-order valence-electron chi connectivity index (χ1n) is 8.30. The van der Waals surface area contributed by atoms with Crippen molar-refractivity contribution in [2.24, 2.45) is 5.92 Å². The van der Waals surface area contributed by atoms with E-state index in [1.54, 1.807) is 4.90 Å². The maximum Gasteiger partial charge on any atom is 0.410 e. The van der Waals surface area contributed by atoms with Gasteiger partial charge in [-0.3, -0.25) is 9.88 Å². The molecule has 1 aromatic rings. The minimum absolute atomic E-state index is 0.237. The lowest BCUT2D eigenvalue weighted by atomic mass is 10.1. The quantitative estimate of drug-likeness (QED) is 0.855. The fraction of sp³-hybridized carbons (Fsp3) is 0.667. The van der Waals surface area contributed by atoms with Crippen molar-refractivity contribution >= 4 is 6.09 Å². The third kappa shape index (κ3) is 5.82. The molecule has 0 radical (unpaired) electrons. The molecule has 0 N–H and O–H groups in total. The van der Waals surface area contributed by atoms with Crippen molar-refractivity contribution in [2.75, 3.05) is 26.7 Å². The number of hydrogen-bond acceptors (Lipinski definition) is 4. The zero-order valence-corrected chi connectivity index (χ0v) is 15.0. The number of amides is 1. The van der Waals surface area contributed by atoms with Gasteiger partial charge in [-0.05, 0) is 57.7 Å². The second kappa shape index (κ2) is 7.30. The molecule has 2 rings (SSSR count). The number of hydrogen-bond donors (Lipinski definition) is 0. The Morgan fingerprint density at radius 1 is 1.43 bits per heavy atom. The molecule has 128 valence electrons. The molecule has 0 spiro atoms. The van der Waals surface area contributed by atoms with Crippen molar-refractivity contribution in [3.63, 3.8) is 0 Å². The fourth-order valence-corrected chi connectivity index (χ4v) is 2.97. The highest BCUT2D eigenvalue weighted by Gasteiger charge is 2.27. The molecule has 1 aliphatic heterocycles. The van der Waals surface area contributed by atoms with E-state index < -0.39 is 5.60 Å². The third-order valence-electron chi connectivity index (χ3n) is 3.94. The van der Waals surface area contributed by atoms with Crippen molar-refractivity contribution in [1.82, 2.24) is 14.8 Å². The van der Waals surface area contributed by atoms with E-state index in [1.807, 2.05) is 40.2 Å². The number of carbonyl (C=O) groups excluding carboxylic acids is 1. The molecule has 1 aromatic heterocycles. The van der Waals surface area contributed by atoms with Gasteiger partial charge in [-0.25, -0.2) is 4.79 Å². The topological polar surface area (TPSA) is 45.7 Å². The number of rotatable bonds is 4. The minimum atomic E-state index is -0.439. The lowest BCUT2D eigenvalue weighted by Crippen LogP contribution is -2.37. The van der Waals surface area contributed by atoms with Crippen molar-refractivity contribution in [1.29, 1.82) is 0 Å². The summed E-state index contributed by atoms with van der Waals surface area (Å²) in [7, 11) is 1.82. The zero-order valence-electron chi connectivity index (χ0n) is 15.0. The van der Waals surface area contributed by atoms with Crippen LogP contribution in [0.1, 0.15) is 38.3 Å². The number of aromatic nitrogens is 1. The van der Waals surface area contributed by atoms with E-state index in [0.717, 1.165) is 32.6 Å². The summed E-state index contributed by atoms with van der Waals surface area (Å²) in [5.41, 5.74) is 2.01. The fourth-order valence-electron chi connectivity index (χ4n) is 2.97. The molecule has 0 aliphatic carbocycles. The second-order valence-corrected chi connectivity index (χ2v) is 7.62. The molecule has 1 unspecified atom stereocenters. The van der Waals surface area contributed by atoms with Gasteiger partial charge >= 0.3 is 6.09 Å². The van der Waals surface area contributed by atoms with Gasteiger partial charge in [0, 0.05) is 39.1 Å². The van der Waals surface area contributed by atoms with E-state index in [2.05, 4.69) is 22.9 Å². The average Bonchev–Trinajstić information content (AvgIpc) is 2.84. The number of pyridine rings is 1. The highest BCUT2D eigenvalue weighted by molar-refractivity contribution is 5.67. The Labute approximate surface area is 139 Å². The van der Waals surface area contributed by atoms with E-state index in [1.165, 1.54) is 11.1 Å². The van der Waals surface area contributed by atoms with Crippen molar-refractivity contribution in [3.05, 3.63) is 29.6 Å². The maximum atomic E-state index is 12.0. The molecular weight excluding hydrogens is 290 g/mol. The number of carbonyl (C=O) groups is 1. The van der Waals surface area contributed by atoms with Crippen LogP contribution in [0.3, 0.4) is 0 Å². The van der Waals surface area contributed by atoms with Crippen LogP contribution in [0.4, 0.5) is 4.79 Å². The van der Waals surface area contributed by atoms with Crippen LogP contribution in [0.25, 0.3) is 0 Å². The molecule has 1 amide bonds. The van der Waals surface area contributed by atoms with Crippen molar-refractivity contribution in [2.45, 2.75) is 46.3 Å². The van der Waals surface area contributed by atoms with Gasteiger partial charge in [0.2, 0.25) is 0 Å². The molecule has 5 nitrogen and oxygen atoms in total. The Hall–Kier alpha value is -1.62. The number of ether oxygens (including phenoxy) is 1. The molecule has 23 heavy (non-hydrogen) atoms. The summed E-state index contributed by atoms with van der Waals surface area (Å²) in [5.74, 6) is 0.505. The summed E-state index contributed by atoms with van der Waals surface area (Å²) in [6.07, 6.45) is 4.70. The van der Waals surface area contributed by atoms with Gasteiger partial charge in [0.15, 0.2) is 0 Å². The van der Waals surface area contributed by atoms with Crippen LogP contribution < -0.4 is 0 Å². The van der Waals surface area contributed by atoms with E-state index in [9.17, 15) is 4.79 Å². The average molecular weight is 319 g/mol. The van der Waals surface area contributed by atoms with Crippen LogP contribution >= 0.6 is 0 Å². The summed E-state index contributed by atoms with van der Waals surface area (Å²) in [6.45, 7) is 11.5. The molecule has 1 saturated heterocycles. The normalized spacial score (nSPS) is 18.9. The van der Waals surface area contributed by atoms with Gasteiger partial charge < -0.3 is 9.64 Å². The van der Waals surface area contributed by atoms with Gasteiger partial charge in [0.25, 0.3) is 0 Å². The Morgan fingerprint density at radius 3 is 2.83 bits per heavy atom. The molecule has 1 aliphatic rings. The van der Waals surface area contributed by atoms with Gasteiger partial charge in [-0.15, -0.1) is 0 Å². The van der Waals surface area contributed by atoms with Gasteiger partial charge in [-0.1, -0.05) is 6.07 Å². The van der Waals surface area contributed by atoms with Crippen LogP contribution in [0.2, 0.25) is 0 Å². The predicted molar refractivity (Wildman–Crippen MR) is 91.2 cm³/mol. The van der Waals surface area contributed by atoms with Crippen LogP contribution in [0.5, 0.6) is 0 Å². The highest BCUT2D eigenvalue weighted by atomic mass is 16.6. The van der Waals surface area contributed by atoms with E-state index in [4.69, 9.17) is 4.74 Å². The maximum absolute atomic E-state index is 12.0. The summed E-state index contributed by atoms with van der Waals surface area (Å²) < 4.78 is 5.41. The molecule has 1 atom stereocenters. The second-order valence-electron chi connectivity index (χ2n) is 7.62. The minimum Gasteiger partial charge on any atom is -0.444 e. The smallest absolute Gasteiger partial charge is 0.410 e. The number of aryl methyl sites for hydroxylation is 1. The van der Waals surface area contributed by atoms with Crippen molar-refractivity contribution in [3.8, 4) is 0 Å². The largest absolute Gasteiger partial charge is 0.444 e. The van der Waals surface area contributed by atoms with Crippen LogP contribution in [0, 0.1) is 12.8 Å². The first-order valence-corrected chi connectivity index (χ1v) is 8.30. The van der Waals surface area contributed by atoms with Crippen LogP contribution in [0.15, 0.2) is 18.5 Å². The van der Waals surface area contributed by atoms with E-state index >= 15 is 0 Å². The van der Waals surface area contributed by atoms with Gasteiger partial charge in [0.05, 0.1) is 0 Å². The Morgan fingerprint density at radius 2 is 2.17 bits per heavy atom. The standard InChI is InChI=1S/C18H29N3O2/c1-14-8-16(10-19-9-14)13-21-7-6-15(12-21)11-20(5)17(22)23-18(2,3)4/h8-10,15H,6-7,11-13H2,1-5H3. The SMILES string of the molecule is Cc1cncc(CN2CCC(CN(C)C(=O)OC(C)(C)C)C2)c1. The Kier molecular flexibility index (Phi) is 5.63. The Balaban J connectivity index is 1.80. The lowest BCUT2D eigenvalue weighted by molar-refractivity contribution is 0.0274. The monoisotopic (exact) mass is 319 g/mol. The first kappa shape index (κ1) is 17.7. The lowest BCUT2D eigenvalue weighted by Gasteiger charge is -2.26. The highest BCUT2D eigenvalue weighted by Crippen LogP contribution is 2.20. The zero-order chi connectivity index (χ0) is 17.0. The number of likely N-dealkylation sites (tertiary alicyclic amines) is 1. The number of nitrogens with zero attached hydrogens (tertiary/aromatic N) is 3. The third-order valence-corrected chi connectivity index (χ3v) is 3.94. The van der Waals surface area contributed by atoms with E-state index in [-0.39, 0.29) is 6.09 Å². The van der Waals surface area contributed by atoms with Gasteiger partial charge in [-0.2, -0.15) is 0 Å². The molecular formula is C18H29N3O2. The summed E-state index contributed by atoms with van der Waals surface area (Å²) in [4.78, 5) is 20.4. The molecule has 5 heteroatoms. The molecule has 0 saturated carbocycles. The molecule has 2 heterocycles. The Bertz CT molecular complexity index is 539. The predicted octanol–water partition coefficient (Wildman–Crippen LogP) is 3.08. The summed E-state index contributed by atoms with van der Waals surface area (Å²) in [5, 5.41) is 0. The van der Waals surface area contributed by atoms with Crippen LogP contribution in [-0.2, 0) is 11.3 Å². The first-order chi connectivity index (χ1) is 10.7. The van der Waals surface area contributed by atoms with Gasteiger partial charge in [0.1, 0.15) is 5.60 Å².